The average molecular weight is 318 g/mol. The molecule has 2 amide bonds. The number of benzene rings is 1. The van der Waals surface area contributed by atoms with Gasteiger partial charge in [0.25, 0.3) is 5.91 Å². The van der Waals surface area contributed by atoms with E-state index in [-0.39, 0.29) is 18.2 Å². The predicted molar refractivity (Wildman–Crippen MR) is 90.7 cm³/mol. The topological polar surface area (TPSA) is 58.6 Å². The summed E-state index contributed by atoms with van der Waals surface area (Å²) in [5.41, 5.74) is 0.872. The Morgan fingerprint density at radius 3 is 2.70 bits per heavy atom. The summed E-state index contributed by atoms with van der Waals surface area (Å²) < 4.78 is 5.81. The maximum Gasteiger partial charge on any atom is 0.270 e. The third-order valence-corrected chi connectivity index (χ3v) is 3.80. The number of amides is 2. The quantitative estimate of drug-likeness (QED) is 0.908. The number of ether oxygens (including phenoxy) is 1. The number of nitrogens with zero attached hydrogens (tertiary/aromatic N) is 1. The molecule has 0 atom stereocenters. The SMILES string of the molecule is Cc1ccc2c(c1)N(CCC(=O)NCC(C)C)C(=O)C(C)(C)O2. The number of rotatable bonds is 5. The van der Waals surface area contributed by atoms with Crippen molar-refractivity contribution in [2.45, 2.75) is 46.6 Å². The summed E-state index contributed by atoms with van der Waals surface area (Å²) in [6.45, 7) is 10.6. The van der Waals surface area contributed by atoms with Crippen molar-refractivity contribution in [3.8, 4) is 5.75 Å². The monoisotopic (exact) mass is 318 g/mol. The van der Waals surface area contributed by atoms with Crippen molar-refractivity contribution >= 4 is 17.5 Å². The second-order valence-electron chi connectivity index (χ2n) is 6.99. The molecule has 0 radical (unpaired) electrons. The van der Waals surface area contributed by atoms with Crippen LogP contribution in [-0.4, -0.2) is 30.5 Å². The summed E-state index contributed by atoms with van der Waals surface area (Å²) in [6, 6.07) is 5.76. The lowest BCUT2D eigenvalue weighted by atomic mass is 10.0. The van der Waals surface area contributed by atoms with Crippen LogP contribution in [0.2, 0.25) is 0 Å². The zero-order valence-electron chi connectivity index (χ0n) is 14.6. The van der Waals surface area contributed by atoms with E-state index < -0.39 is 5.60 Å². The van der Waals surface area contributed by atoms with E-state index in [1.807, 2.05) is 39.0 Å². The van der Waals surface area contributed by atoms with Crippen LogP contribution >= 0.6 is 0 Å². The summed E-state index contributed by atoms with van der Waals surface area (Å²) in [4.78, 5) is 26.3. The first-order valence-electron chi connectivity index (χ1n) is 8.09. The number of fused-ring (bicyclic) bond motifs is 1. The van der Waals surface area contributed by atoms with Gasteiger partial charge in [0.05, 0.1) is 5.69 Å². The fourth-order valence-corrected chi connectivity index (χ4v) is 2.52. The van der Waals surface area contributed by atoms with Crippen LogP contribution in [-0.2, 0) is 9.59 Å². The summed E-state index contributed by atoms with van der Waals surface area (Å²) in [5, 5.41) is 2.88. The van der Waals surface area contributed by atoms with Crippen molar-refractivity contribution in [2.24, 2.45) is 5.92 Å². The number of carbonyl (C=O) groups excluding carboxylic acids is 2. The van der Waals surface area contributed by atoms with Crippen LogP contribution in [0.5, 0.6) is 5.75 Å². The Balaban J connectivity index is 2.15. The van der Waals surface area contributed by atoms with Gasteiger partial charge in [0.1, 0.15) is 5.75 Å². The molecular formula is C18H26N2O3. The van der Waals surface area contributed by atoms with Gasteiger partial charge in [-0.3, -0.25) is 9.59 Å². The van der Waals surface area contributed by atoms with E-state index in [2.05, 4.69) is 5.32 Å². The standard InChI is InChI=1S/C18H26N2O3/c1-12(2)11-19-16(21)8-9-20-14-10-13(3)6-7-15(14)23-18(4,5)17(20)22/h6-7,10,12H,8-9,11H2,1-5H3,(H,19,21). The van der Waals surface area contributed by atoms with Gasteiger partial charge in [-0.15, -0.1) is 0 Å². The van der Waals surface area contributed by atoms with Crippen molar-refractivity contribution in [3.05, 3.63) is 23.8 Å². The van der Waals surface area contributed by atoms with Crippen LogP contribution in [0.4, 0.5) is 5.69 Å². The maximum atomic E-state index is 12.7. The zero-order chi connectivity index (χ0) is 17.2. The van der Waals surface area contributed by atoms with Crippen molar-refractivity contribution in [3.63, 3.8) is 0 Å². The van der Waals surface area contributed by atoms with Gasteiger partial charge in [-0.05, 0) is 44.4 Å². The molecule has 0 aliphatic carbocycles. The molecule has 5 heteroatoms. The van der Waals surface area contributed by atoms with E-state index in [0.29, 0.717) is 24.8 Å². The molecule has 1 aromatic rings. The van der Waals surface area contributed by atoms with Gasteiger partial charge < -0.3 is 15.0 Å². The minimum Gasteiger partial charge on any atom is -0.476 e. The molecule has 1 aliphatic rings. The third-order valence-electron chi connectivity index (χ3n) is 3.80. The summed E-state index contributed by atoms with van der Waals surface area (Å²) in [6.07, 6.45) is 0.280. The number of hydrogen-bond donors (Lipinski definition) is 1. The third kappa shape index (κ3) is 4.03. The highest BCUT2D eigenvalue weighted by Gasteiger charge is 2.40. The molecule has 0 bridgehead atoms. The first-order valence-corrected chi connectivity index (χ1v) is 8.09. The number of nitrogens with one attached hydrogen (secondary N) is 1. The van der Waals surface area contributed by atoms with E-state index in [1.165, 1.54) is 0 Å². The van der Waals surface area contributed by atoms with E-state index >= 15 is 0 Å². The van der Waals surface area contributed by atoms with Crippen LogP contribution in [0.3, 0.4) is 0 Å². The molecule has 0 saturated carbocycles. The molecular weight excluding hydrogens is 292 g/mol. The molecule has 0 fully saturated rings. The highest BCUT2D eigenvalue weighted by Crippen LogP contribution is 2.38. The highest BCUT2D eigenvalue weighted by molar-refractivity contribution is 6.02. The Labute approximate surface area is 138 Å². The van der Waals surface area contributed by atoms with Gasteiger partial charge in [0.15, 0.2) is 5.60 Å². The van der Waals surface area contributed by atoms with Gasteiger partial charge in [-0.2, -0.15) is 0 Å². The molecule has 5 nitrogen and oxygen atoms in total. The number of carbonyl (C=O) groups is 2. The Hall–Kier alpha value is -2.04. The molecule has 0 saturated heterocycles. The smallest absolute Gasteiger partial charge is 0.270 e. The van der Waals surface area contributed by atoms with Gasteiger partial charge in [-0.1, -0.05) is 19.9 Å². The van der Waals surface area contributed by atoms with Gasteiger partial charge in [0.2, 0.25) is 5.91 Å². The van der Waals surface area contributed by atoms with E-state index in [0.717, 1.165) is 11.3 Å². The molecule has 1 aliphatic heterocycles. The molecule has 0 spiro atoms. The Kier molecular flexibility index (Phi) is 4.97. The molecule has 23 heavy (non-hydrogen) atoms. The average Bonchev–Trinajstić information content (AvgIpc) is 2.46. The molecule has 0 unspecified atom stereocenters. The lowest BCUT2D eigenvalue weighted by Crippen LogP contribution is -2.53. The maximum absolute atomic E-state index is 12.7. The van der Waals surface area contributed by atoms with Crippen LogP contribution in [0.1, 0.15) is 39.7 Å². The lowest BCUT2D eigenvalue weighted by molar-refractivity contribution is -0.132. The molecule has 1 aromatic carbocycles. The fourth-order valence-electron chi connectivity index (χ4n) is 2.52. The molecule has 126 valence electrons. The summed E-state index contributed by atoms with van der Waals surface area (Å²) in [5.74, 6) is 0.936. The Morgan fingerprint density at radius 2 is 2.04 bits per heavy atom. The minimum absolute atomic E-state index is 0.0370. The van der Waals surface area contributed by atoms with Crippen molar-refractivity contribution in [1.29, 1.82) is 0 Å². The zero-order valence-corrected chi connectivity index (χ0v) is 14.6. The Morgan fingerprint density at radius 1 is 1.35 bits per heavy atom. The lowest BCUT2D eigenvalue weighted by Gasteiger charge is -2.39. The fraction of sp³-hybridized carbons (Fsp3) is 0.556. The molecule has 0 aromatic heterocycles. The summed E-state index contributed by atoms with van der Waals surface area (Å²) in [7, 11) is 0. The number of hydrogen-bond acceptors (Lipinski definition) is 3. The largest absolute Gasteiger partial charge is 0.476 e. The Bertz CT molecular complexity index is 608. The van der Waals surface area contributed by atoms with Crippen molar-refractivity contribution in [2.75, 3.05) is 18.0 Å². The van der Waals surface area contributed by atoms with Gasteiger partial charge in [0, 0.05) is 19.5 Å². The van der Waals surface area contributed by atoms with Crippen molar-refractivity contribution < 1.29 is 14.3 Å². The van der Waals surface area contributed by atoms with Crippen LogP contribution in [0.25, 0.3) is 0 Å². The number of anilines is 1. The normalized spacial score (nSPS) is 16.1. The van der Waals surface area contributed by atoms with Crippen molar-refractivity contribution in [1.82, 2.24) is 5.32 Å². The van der Waals surface area contributed by atoms with E-state index in [4.69, 9.17) is 4.74 Å². The molecule has 2 rings (SSSR count). The van der Waals surface area contributed by atoms with Crippen LogP contribution in [0, 0.1) is 12.8 Å². The molecule has 1 N–H and O–H groups in total. The van der Waals surface area contributed by atoms with Crippen LogP contribution < -0.4 is 15.0 Å². The summed E-state index contributed by atoms with van der Waals surface area (Å²) >= 11 is 0. The van der Waals surface area contributed by atoms with E-state index in [1.54, 1.807) is 18.7 Å². The van der Waals surface area contributed by atoms with Gasteiger partial charge >= 0.3 is 0 Å². The van der Waals surface area contributed by atoms with Crippen LogP contribution in [0.15, 0.2) is 18.2 Å². The first kappa shape index (κ1) is 17.3. The number of aryl methyl sites for hydroxylation is 1. The second-order valence-corrected chi connectivity index (χ2v) is 6.99. The first-order chi connectivity index (χ1) is 10.7. The second kappa shape index (κ2) is 6.60. The minimum atomic E-state index is -0.920. The predicted octanol–water partition coefficient (Wildman–Crippen LogP) is 2.66. The molecule has 1 heterocycles. The van der Waals surface area contributed by atoms with Gasteiger partial charge in [-0.25, -0.2) is 0 Å². The highest BCUT2D eigenvalue weighted by atomic mass is 16.5. The van der Waals surface area contributed by atoms with E-state index in [9.17, 15) is 9.59 Å².